The lowest BCUT2D eigenvalue weighted by molar-refractivity contribution is 0.0673. The predicted molar refractivity (Wildman–Crippen MR) is 88.7 cm³/mol. The molecule has 0 fully saturated rings. The Hall–Kier alpha value is -1.14. The number of halogens is 1. The summed E-state index contributed by atoms with van der Waals surface area (Å²) in [4.78, 5) is 18.9. The number of carbonyl (C=O) groups is 1. The van der Waals surface area contributed by atoms with Gasteiger partial charge in [0.2, 0.25) is 0 Å². The molecule has 1 amide bonds. The zero-order valence-corrected chi connectivity index (χ0v) is 14.7. The smallest absolute Gasteiger partial charge is 0.257 e. The van der Waals surface area contributed by atoms with Crippen LogP contribution in [0.3, 0.4) is 0 Å². The van der Waals surface area contributed by atoms with Crippen LogP contribution in [-0.2, 0) is 4.74 Å². The van der Waals surface area contributed by atoms with Gasteiger partial charge in [0.05, 0.1) is 12.2 Å². The third-order valence-corrected chi connectivity index (χ3v) is 3.30. The van der Waals surface area contributed by atoms with Crippen molar-refractivity contribution in [2.45, 2.75) is 20.8 Å². The summed E-state index contributed by atoms with van der Waals surface area (Å²) < 4.78 is 5.90. The van der Waals surface area contributed by atoms with Crippen molar-refractivity contribution in [2.75, 3.05) is 38.7 Å². The predicted octanol–water partition coefficient (Wildman–Crippen LogP) is 3.02. The second-order valence-electron chi connectivity index (χ2n) is 5.22. The Morgan fingerprint density at radius 2 is 2.24 bits per heavy atom. The minimum absolute atomic E-state index is 0.0227. The molecule has 5 nitrogen and oxygen atoms in total. The molecule has 0 aliphatic rings. The van der Waals surface area contributed by atoms with E-state index in [1.165, 1.54) is 0 Å². The van der Waals surface area contributed by atoms with Gasteiger partial charge >= 0.3 is 0 Å². The van der Waals surface area contributed by atoms with Crippen molar-refractivity contribution in [3.63, 3.8) is 0 Å². The molecule has 0 aliphatic carbocycles. The number of rotatable bonds is 8. The summed E-state index contributed by atoms with van der Waals surface area (Å²) in [6.07, 6.45) is 1.69. The fourth-order valence-corrected chi connectivity index (χ4v) is 2.33. The molecule has 0 aromatic carbocycles. The van der Waals surface area contributed by atoms with Crippen LogP contribution in [0.4, 0.5) is 5.82 Å². The van der Waals surface area contributed by atoms with E-state index in [9.17, 15) is 4.79 Å². The highest BCUT2D eigenvalue weighted by atomic mass is 79.9. The fraction of sp³-hybridized carbons (Fsp3) is 0.600. The number of ether oxygens (including phenoxy) is 1. The summed E-state index contributed by atoms with van der Waals surface area (Å²) in [7, 11) is 1.64. The van der Waals surface area contributed by atoms with Crippen LogP contribution in [0.25, 0.3) is 0 Å². The van der Waals surface area contributed by atoms with E-state index in [0.717, 1.165) is 11.0 Å². The Kier molecular flexibility index (Phi) is 7.67. The molecule has 0 aliphatic heterocycles. The molecule has 1 N–H and O–H groups in total. The van der Waals surface area contributed by atoms with Crippen molar-refractivity contribution in [1.29, 1.82) is 0 Å². The van der Waals surface area contributed by atoms with E-state index >= 15 is 0 Å². The van der Waals surface area contributed by atoms with E-state index in [2.05, 4.69) is 40.1 Å². The quantitative estimate of drug-likeness (QED) is 0.776. The van der Waals surface area contributed by atoms with Crippen molar-refractivity contribution in [1.82, 2.24) is 9.88 Å². The van der Waals surface area contributed by atoms with Crippen LogP contribution in [0.1, 0.15) is 31.1 Å². The minimum Gasteiger partial charge on any atom is -0.383 e. The van der Waals surface area contributed by atoms with Crippen LogP contribution in [0.5, 0.6) is 0 Å². The van der Waals surface area contributed by atoms with Gasteiger partial charge in [0, 0.05) is 37.4 Å². The highest BCUT2D eigenvalue weighted by Gasteiger charge is 2.20. The first-order valence-electron chi connectivity index (χ1n) is 7.17. The van der Waals surface area contributed by atoms with Gasteiger partial charge in [-0.2, -0.15) is 0 Å². The fourth-order valence-electron chi connectivity index (χ4n) is 2.00. The van der Waals surface area contributed by atoms with Gasteiger partial charge in [-0.05, 0) is 34.8 Å². The van der Waals surface area contributed by atoms with Crippen molar-refractivity contribution in [2.24, 2.45) is 5.92 Å². The van der Waals surface area contributed by atoms with Crippen LogP contribution in [0, 0.1) is 5.92 Å². The average Bonchev–Trinajstić information content (AvgIpc) is 2.44. The highest BCUT2D eigenvalue weighted by Crippen LogP contribution is 2.20. The molecule has 0 atom stereocenters. The van der Waals surface area contributed by atoms with E-state index in [1.54, 1.807) is 13.3 Å². The van der Waals surface area contributed by atoms with Crippen molar-refractivity contribution >= 4 is 27.7 Å². The Labute approximate surface area is 135 Å². The summed E-state index contributed by atoms with van der Waals surface area (Å²) in [6.45, 7) is 8.68. The lowest BCUT2D eigenvalue weighted by Crippen LogP contribution is -2.37. The number of methoxy groups -OCH3 is 1. The maximum atomic E-state index is 12.8. The molecule has 0 spiro atoms. The van der Waals surface area contributed by atoms with Crippen molar-refractivity contribution in [3.05, 3.63) is 22.3 Å². The summed E-state index contributed by atoms with van der Waals surface area (Å²) >= 11 is 3.38. The highest BCUT2D eigenvalue weighted by molar-refractivity contribution is 9.10. The molecular formula is C15H24BrN3O2. The zero-order valence-electron chi connectivity index (χ0n) is 13.1. The van der Waals surface area contributed by atoms with Gasteiger partial charge in [-0.25, -0.2) is 4.98 Å². The summed E-state index contributed by atoms with van der Waals surface area (Å²) in [5.74, 6) is 0.996. The molecule has 21 heavy (non-hydrogen) atoms. The van der Waals surface area contributed by atoms with E-state index in [1.807, 2.05) is 17.9 Å². The summed E-state index contributed by atoms with van der Waals surface area (Å²) in [5.41, 5.74) is 0.586. The molecule has 1 heterocycles. The van der Waals surface area contributed by atoms with Crippen LogP contribution in [-0.4, -0.2) is 49.1 Å². The molecule has 0 radical (unpaired) electrons. The third-order valence-electron chi connectivity index (χ3n) is 2.87. The number of nitrogens with one attached hydrogen (secondary N) is 1. The first kappa shape index (κ1) is 17.9. The van der Waals surface area contributed by atoms with Gasteiger partial charge in [-0.1, -0.05) is 13.8 Å². The molecule has 1 aromatic rings. The number of amides is 1. The number of aromatic nitrogens is 1. The normalized spacial score (nSPS) is 10.8. The summed E-state index contributed by atoms with van der Waals surface area (Å²) in [5, 5.41) is 3.14. The molecule has 6 heteroatoms. The number of pyridine rings is 1. The molecule has 0 saturated carbocycles. The monoisotopic (exact) mass is 357 g/mol. The molecule has 0 saturated heterocycles. The number of nitrogens with zero attached hydrogens (tertiary/aromatic N) is 2. The van der Waals surface area contributed by atoms with Crippen LogP contribution in [0.15, 0.2) is 16.7 Å². The molecular weight excluding hydrogens is 334 g/mol. The van der Waals surface area contributed by atoms with Crippen LogP contribution >= 0.6 is 15.9 Å². The van der Waals surface area contributed by atoms with E-state index in [0.29, 0.717) is 37.0 Å². The maximum Gasteiger partial charge on any atom is 0.257 e. The molecule has 1 aromatic heterocycles. The average molecular weight is 358 g/mol. The topological polar surface area (TPSA) is 54.5 Å². The van der Waals surface area contributed by atoms with Gasteiger partial charge in [0.15, 0.2) is 0 Å². The van der Waals surface area contributed by atoms with Gasteiger partial charge < -0.3 is 15.0 Å². The third kappa shape index (κ3) is 5.63. The maximum absolute atomic E-state index is 12.8. The van der Waals surface area contributed by atoms with E-state index in [4.69, 9.17) is 4.74 Å². The Bertz CT molecular complexity index is 466. The van der Waals surface area contributed by atoms with Crippen LogP contribution in [0.2, 0.25) is 0 Å². The lowest BCUT2D eigenvalue weighted by atomic mass is 10.1. The largest absolute Gasteiger partial charge is 0.383 e. The Balaban J connectivity index is 3.03. The summed E-state index contributed by atoms with van der Waals surface area (Å²) in [6, 6.07) is 1.81. The van der Waals surface area contributed by atoms with Gasteiger partial charge in [0.25, 0.3) is 5.91 Å². The second-order valence-corrected chi connectivity index (χ2v) is 6.13. The standard InChI is InChI=1S/C15H24BrN3O2/c1-5-17-14-13(8-12(16)9-18-14)15(20)19(6-7-21-4)10-11(2)3/h8-9,11H,5-7,10H2,1-4H3,(H,17,18). The molecule has 118 valence electrons. The number of hydrogen-bond donors (Lipinski definition) is 1. The number of anilines is 1. The van der Waals surface area contributed by atoms with Gasteiger partial charge in [0.1, 0.15) is 5.82 Å². The Morgan fingerprint density at radius 1 is 1.52 bits per heavy atom. The molecule has 1 rings (SSSR count). The van der Waals surface area contributed by atoms with Gasteiger partial charge in [-0.15, -0.1) is 0 Å². The van der Waals surface area contributed by atoms with Crippen molar-refractivity contribution in [3.8, 4) is 0 Å². The number of carbonyl (C=O) groups excluding carboxylic acids is 1. The van der Waals surface area contributed by atoms with Crippen LogP contribution < -0.4 is 5.32 Å². The minimum atomic E-state index is -0.0227. The second kappa shape index (κ2) is 9.00. The first-order valence-corrected chi connectivity index (χ1v) is 7.96. The molecule has 0 bridgehead atoms. The lowest BCUT2D eigenvalue weighted by Gasteiger charge is -2.25. The molecule has 0 unspecified atom stereocenters. The van der Waals surface area contributed by atoms with E-state index in [-0.39, 0.29) is 5.91 Å². The van der Waals surface area contributed by atoms with Gasteiger partial charge in [-0.3, -0.25) is 4.79 Å². The first-order chi connectivity index (χ1) is 9.99. The van der Waals surface area contributed by atoms with Crippen molar-refractivity contribution < 1.29 is 9.53 Å². The Morgan fingerprint density at radius 3 is 2.81 bits per heavy atom. The zero-order chi connectivity index (χ0) is 15.8. The number of hydrogen-bond acceptors (Lipinski definition) is 4. The van der Waals surface area contributed by atoms with E-state index < -0.39 is 0 Å². The SMILES string of the molecule is CCNc1ncc(Br)cc1C(=O)N(CCOC)CC(C)C.